The monoisotopic (exact) mass is 226 g/mol. The van der Waals surface area contributed by atoms with Crippen LogP contribution >= 0.6 is 11.6 Å². The molecule has 0 amide bonds. The highest BCUT2D eigenvalue weighted by Crippen LogP contribution is 2.35. The van der Waals surface area contributed by atoms with Crippen molar-refractivity contribution in [2.45, 2.75) is 12.2 Å². The molecule has 1 N–H and O–H groups in total. The first kappa shape index (κ1) is 11.0. The van der Waals surface area contributed by atoms with Crippen LogP contribution in [0.2, 0.25) is 0 Å². The molecule has 14 heavy (non-hydrogen) atoms. The summed E-state index contributed by atoms with van der Waals surface area (Å²) in [5, 5.41) is 9.10. The molecule has 0 aliphatic heterocycles. The molecule has 6 heteroatoms. The zero-order valence-corrected chi connectivity index (χ0v) is 7.56. The average molecular weight is 227 g/mol. The van der Waals surface area contributed by atoms with Gasteiger partial charge in [0.25, 0.3) is 0 Å². The van der Waals surface area contributed by atoms with E-state index in [-0.39, 0.29) is 11.4 Å². The number of hydrogen-bond acceptors (Lipinski definition) is 2. The van der Waals surface area contributed by atoms with Crippen molar-refractivity contribution >= 4 is 11.6 Å². The molecule has 0 unspecified atom stereocenters. The number of alkyl halides is 4. The lowest BCUT2D eigenvalue weighted by atomic mass is 10.2. The van der Waals surface area contributed by atoms with E-state index in [1.165, 1.54) is 12.1 Å². The molecule has 0 spiro atoms. The zero-order valence-electron chi connectivity index (χ0n) is 6.81. The molecule has 0 fully saturated rings. The molecule has 78 valence electrons. The van der Waals surface area contributed by atoms with Gasteiger partial charge >= 0.3 is 6.36 Å². The molecule has 0 aromatic heterocycles. The minimum atomic E-state index is -4.83. The van der Waals surface area contributed by atoms with Gasteiger partial charge in [-0.3, -0.25) is 0 Å². The van der Waals surface area contributed by atoms with Gasteiger partial charge in [0, 0.05) is 5.56 Å². The first-order valence-electron chi connectivity index (χ1n) is 3.56. The fourth-order valence-corrected chi connectivity index (χ4v) is 1.12. The largest absolute Gasteiger partial charge is 0.573 e. The molecule has 0 aliphatic rings. The van der Waals surface area contributed by atoms with Gasteiger partial charge < -0.3 is 9.84 Å². The van der Waals surface area contributed by atoms with E-state index in [0.717, 1.165) is 6.07 Å². The van der Waals surface area contributed by atoms with Crippen LogP contribution in [0.25, 0.3) is 0 Å². The molecule has 1 aromatic carbocycles. The smallest absolute Gasteiger partial charge is 0.504 e. The molecule has 1 rings (SSSR count). The summed E-state index contributed by atoms with van der Waals surface area (Å²) in [7, 11) is 0. The van der Waals surface area contributed by atoms with Crippen LogP contribution in [-0.4, -0.2) is 11.5 Å². The van der Waals surface area contributed by atoms with Crippen LogP contribution in [-0.2, 0) is 5.88 Å². The Morgan fingerprint density at radius 2 is 2.00 bits per heavy atom. The van der Waals surface area contributed by atoms with Gasteiger partial charge in [-0.25, -0.2) is 0 Å². The number of ether oxygens (including phenoxy) is 1. The highest BCUT2D eigenvalue weighted by molar-refractivity contribution is 6.17. The normalized spacial score (nSPS) is 11.4. The van der Waals surface area contributed by atoms with Gasteiger partial charge in [0.15, 0.2) is 11.5 Å². The quantitative estimate of drug-likeness (QED) is 0.786. The van der Waals surface area contributed by atoms with Crippen molar-refractivity contribution in [3.8, 4) is 11.5 Å². The highest BCUT2D eigenvalue weighted by atomic mass is 35.5. The molecular formula is C8H6ClF3O2. The third-order valence-corrected chi connectivity index (χ3v) is 1.73. The van der Waals surface area contributed by atoms with E-state index in [1.54, 1.807) is 0 Å². The second kappa shape index (κ2) is 3.96. The average Bonchev–Trinajstić information content (AvgIpc) is 2.06. The lowest BCUT2D eigenvalue weighted by molar-refractivity contribution is -0.275. The minimum Gasteiger partial charge on any atom is -0.504 e. The van der Waals surface area contributed by atoms with Gasteiger partial charge in [-0.1, -0.05) is 12.1 Å². The van der Waals surface area contributed by atoms with E-state index < -0.39 is 17.9 Å². The molecule has 1 aromatic rings. The third kappa shape index (κ3) is 2.70. The van der Waals surface area contributed by atoms with Crippen molar-refractivity contribution in [3.63, 3.8) is 0 Å². The Morgan fingerprint density at radius 3 is 2.50 bits per heavy atom. The van der Waals surface area contributed by atoms with Crippen LogP contribution in [0.4, 0.5) is 13.2 Å². The van der Waals surface area contributed by atoms with Gasteiger partial charge in [0.2, 0.25) is 0 Å². The van der Waals surface area contributed by atoms with Crippen molar-refractivity contribution in [3.05, 3.63) is 23.8 Å². The van der Waals surface area contributed by atoms with E-state index in [1.807, 2.05) is 0 Å². The molecule has 0 saturated carbocycles. The lowest BCUT2D eigenvalue weighted by Gasteiger charge is -2.12. The molecule has 0 saturated heterocycles. The first-order chi connectivity index (χ1) is 6.44. The number of para-hydroxylation sites is 1. The Bertz CT molecular complexity index is 325. The van der Waals surface area contributed by atoms with E-state index >= 15 is 0 Å². The van der Waals surface area contributed by atoms with E-state index in [0.29, 0.717) is 0 Å². The Hall–Kier alpha value is -1.10. The maximum atomic E-state index is 11.9. The molecule has 0 aliphatic carbocycles. The number of benzene rings is 1. The molecule has 0 atom stereocenters. The summed E-state index contributed by atoms with van der Waals surface area (Å²) >= 11 is 5.37. The summed E-state index contributed by atoms with van der Waals surface area (Å²) in [4.78, 5) is 0. The standard InChI is InChI=1S/C8H6ClF3O2/c9-4-5-2-1-3-6(13)7(5)14-8(10,11)12/h1-3,13H,4H2. The number of aromatic hydroxyl groups is 1. The Labute approximate surface area is 82.9 Å². The van der Waals surface area contributed by atoms with Gasteiger partial charge in [-0.05, 0) is 6.07 Å². The number of hydrogen-bond donors (Lipinski definition) is 1. The number of rotatable bonds is 2. The number of halogens is 4. The van der Waals surface area contributed by atoms with Gasteiger partial charge in [0.1, 0.15) is 0 Å². The zero-order chi connectivity index (χ0) is 10.8. The number of phenols is 1. The summed E-state index contributed by atoms with van der Waals surface area (Å²) in [6.45, 7) is 0. The van der Waals surface area contributed by atoms with Crippen LogP contribution in [0, 0.1) is 0 Å². The van der Waals surface area contributed by atoms with E-state index in [2.05, 4.69) is 4.74 Å². The van der Waals surface area contributed by atoms with Crippen LogP contribution in [0.15, 0.2) is 18.2 Å². The fraction of sp³-hybridized carbons (Fsp3) is 0.250. The van der Waals surface area contributed by atoms with Gasteiger partial charge in [-0.2, -0.15) is 0 Å². The second-order valence-electron chi connectivity index (χ2n) is 2.45. The summed E-state index contributed by atoms with van der Waals surface area (Å²) in [5.41, 5.74) is 0.0870. The third-order valence-electron chi connectivity index (χ3n) is 1.44. The molecule has 2 nitrogen and oxygen atoms in total. The highest BCUT2D eigenvalue weighted by Gasteiger charge is 2.33. The summed E-state index contributed by atoms with van der Waals surface area (Å²) in [6, 6.07) is 3.82. The van der Waals surface area contributed by atoms with Crippen molar-refractivity contribution in [1.82, 2.24) is 0 Å². The van der Waals surface area contributed by atoms with Crippen molar-refractivity contribution in [2.75, 3.05) is 0 Å². The maximum Gasteiger partial charge on any atom is 0.573 e. The second-order valence-corrected chi connectivity index (χ2v) is 2.71. The predicted octanol–water partition coefficient (Wildman–Crippen LogP) is 3.03. The minimum absolute atomic E-state index is 0.0870. The Kier molecular flexibility index (Phi) is 3.10. The SMILES string of the molecule is Oc1cccc(CCl)c1OC(F)(F)F. The molecule has 0 heterocycles. The lowest BCUT2D eigenvalue weighted by Crippen LogP contribution is -2.18. The summed E-state index contributed by atoms with van der Waals surface area (Å²) in [5.74, 6) is -1.39. The Morgan fingerprint density at radius 1 is 1.36 bits per heavy atom. The first-order valence-corrected chi connectivity index (χ1v) is 4.10. The molecule has 0 bridgehead atoms. The van der Waals surface area contributed by atoms with Crippen LogP contribution in [0.3, 0.4) is 0 Å². The maximum absolute atomic E-state index is 11.9. The van der Waals surface area contributed by atoms with Crippen molar-refractivity contribution in [1.29, 1.82) is 0 Å². The summed E-state index contributed by atoms with van der Waals surface area (Å²) in [6.07, 6.45) is -4.83. The Balaban J connectivity index is 3.05. The molecular weight excluding hydrogens is 221 g/mol. The topological polar surface area (TPSA) is 29.5 Å². The molecule has 0 radical (unpaired) electrons. The van der Waals surface area contributed by atoms with Gasteiger partial charge in [0.05, 0.1) is 5.88 Å². The predicted molar refractivity (Wildman–Crippen MR) is 44.3 cm³/mol. The van der Waals surface area contributed by atoms with E-state index in [9.17, 15) is 13.2 Å². The van der Waals surface area contributed by atoms with Crippen LogP contribution in [0.5, 0.6) is 11.5 Å². The van der Waals surface area contributed by atoms with Gasteiger partial charge in [-0.15, -0.1) is 24.8 Å². The van der Waals surface area contributed by atoms with Crippen molar-refractivity contribution < 1.29 is 23.0 Å². The number of phenolic OH excluding ortho intramolecular Hbond substituents is 1. The van der Waals surface area contributed by atoms with Crippen LogP contribution < -0.4 is 4.74 Å². The fourth-order valence-electron chi connectivity index (χ4n) is 0.910. The van der Waals surface area contributed by atoms with E-state index in [4.69, 9.17) is 16.7 Å². The van der Waals surface area contributed by atoms with Crippen LogP contribution in [0.1, 0.15) is 5.56 Å². The van der Waals surface area contributed by atoms with Crippen molar-refractivity contribution in [2.24, 2.45) is 0 Å². The summed E-state index contributed by atoms with van der Waals surface area (Å²) < 4.78 is 39.2.